The largest absolute Gasteiger partial charge is 0.477 e. The van der Waals surface area contributed by atoms with Crippen LogP contribution in [0.25, 0.3) is 4.96 Å². The van der Waals surface area contributed by atoms with Crippen molar-refractivity contribution in [1.82, 2.24) is 29.8 Å². The van der Waals surface area contributed by atoms with Crippen LogP contribution in [0.1, 0.15) is 5.69 Å². The van der Waals surface area contributed by atoms with Crippen LogP contribution < -0.4 is 11.1 Å². The van der Waals surface area contributed by atoms with Crippen LogP contribution in [0.5, 0.6) is 0 Å². The summed E-state index contributed by atoms with van der Waals surface area (Å²) in [6.45, 7) is 0. The number of fused-ring (bicyclic) bond motifs is 2. The molecular weight excluding hydrogens is 537 g/mol. The van der Waals surface area contributed by atoms with Crippen molar-refractivity contribution < 1.29 is 24.3 Å². The number of amides is 2. The minimum atomic E-state index is -1.20. The van der Waals surface area contributed by atoms with Gasteiger partial charge in [-0.1, -0.05) is 28.3 Å². The number of aliphatic carboxylic acids is 1. The minimum Gasteiger partial charge on any atom is -0.477 e. The predicted octanol–water partition coefficient (Wildman–Crippen LogP) is 0.711. The molecule has 5 heterocycles. The van der Waals surface area contributed by atoms with Gasteiger partial charge in [0.2, 0.25) is 4.96 Å². The number of carboxylic acid groups (broad SMARTS) is 1. The summed E-state index contributed by atoms with van der Waals surface area (Å²) in [4.78, 5) is 52.8. The molecule has 1 fully saturated rings. The van der Waals surface area contributed by atoms with Gasteiger partial charge in [0.1, 0.15) is 29.9 Å². The standard InChI is InChI=1S/C18H16N8O5S4/c1-31-24-9(8-6-33-16(19)21-8)12(27)22-10-13(28)26-11(15(29)30)7(4-32-14(10)26)5-34-18-23-25-3-2-20-17(25)35-18/h2-3,6,10,14H,4-5H2,1H3,(H2,19,21)(H,22,27)(H,29,30)/b24-9-/t10-,14-/m1/s1. The molecular formula is C18H16N8O5S4. The molecule has 35 heavy (non-hydrogen) atoms. The number of carboxylic acids is 1. The molecule has 4 N–H and O–H groups in total. The summed E-state index contributed by atoms with van der Waals surface area (Å²) in [5, 5.41) is 21.8. The van der Waals surface area contributed by atoms with Crippen molar-refractivity contribution in [3.05, 3.63) is 34.7 Å². The number of carbonyl (C=O) groups is 3. The van der Waals surface area contributed by atoms with Gasteiger partial charge < -0.3 is 21.0 Å². The summed E-state index contributed by atoms with van der Waals surface area (Å²) in [5.74, 6) is -1.64. The number of imidazole rings is 1. The second-order valence-electron chi connectivity index (χ2n) is 7.12. The number of anilines is 1. The Labute approximate surface area is 213 Å². The van der Waals surface area contributed by atoms with Crippen molar-refractivity contribution in [2.75, 3.05) is 24.3 Å². The molecule has 0 radical (unpaired) electrons. The first kappa shape index (κ1) is 23.6. The number of nitrogen functional groups attached to an aromatic ring is 1. The third-order valence-electron chi connectivity index (χ3n) is 5.03. The van der Waals surface area contributed by atoms with E-state index in [0.29, 0.717) is 17.1 Å². The average molecular weight is 553 g/mol. The second-order valence-corrected chi connectivity index (χ2v) is 11.3. The first-order valence-electron chi connectivity index (χ1n) is 9.83. The number of rotatable bonds is 8. The van der Waals surface area contributed by atoms with Gasteiger partial charge in [-0.05, 0) is 5.57 Å². The Bertz CT molecular complexity index is 1370. The number of β-lactam (4-membered cyclic amide) rings is 1. The van der Waals surface area contributed by atoms with Gasteiger partial charge in [-0.15, -0.1) is 28.2 Å². The van der Waals surface area contributed by atoms with E-state index >= 15 is 0 Å². The highest BCUT2D eigenvalue weighted by atomic mass is 32.2. The van der Waals surface area contributed by atoms with Crippen LogP contribution in [0.2, 0.25) is 0 Å². The number of carbonyl (C=O) groups excluding carboxylic acids is 2. The maximum absolute atomic E-state index is 12.9. The normalized spacial score (nSPS) is 20.1. The molecule has 2 aliphatic heterocycles. The van der Waals surface area contributed by atoms with Gasteiger partial charge in [0.15, 0.2) is 15.2 Å². The van der Waals surface area contributed by atoms with E-state index in [-0.39, 0.29) is 22.2 Å². The molecule has 0 unspecified atom stereocenters. The number of hydrogen-bond donors (Lipinski definition) is 3. The van der Waals surface area contributed by atoms with Crippen LogP contribution in [-0.4, -0.2) is 83.1 Å². The molecule has 2 amide bonds. The molecule has 0 aliphatic carbocycles. The molecule has 0 saturated carbocycles. The zero-order valence-corrected chi connectivity index (χ0v) is 21.0. The lowest BCUT2D eigenvalue weighted by Crippen LogP contribution is -2.71. The van der Waals surface area contributed by atoms with E-state index in [4.69, 9.17) is 10.6 Å². The fourth-order valence-corrected chi connectivity index (χ4v) is 7.46. The molecule has 3 aromatic rings. The number of hydrogen-bond acceptors (Lipinski definition) is 13. The zero-order chi connectivity index (χ0) is 24.7. The number of thioether (sulfide) groups is 2. The van der Waals surface area contributed by atoms with Crippen LogP contribution in [0, 0.1) is 0 Å². The van der Waals surface area contributed by atoms with Crippen LogP contribution in [0.3, 0.4) is 0 Å². The number of aromatic nitrogens is 4. The smallest absolute Gasteiger partial charge is 0.352 e. The maximum atomic E-state index is 12.9. The summed E-state index contributed by atoms with van der Waals surface area (Å²) in [6.07, 6.45) is 3.38. The Balaban J connectivity index is 1.30. The van der Waals surface area contributed by atoms with E-state index in [1.54, 1.807) is 22.3 Å². The molecule has 13 nitrogen and oxygen atoms in total. The number of oxime groups is 1. The molecule has 0 bridgehead atoms. The van der Waals surface area contributed by atoms with Crippen LogP contribution in [0.15, 0.2) is 38.5 Å². The van der Waals surface area contributed by atoms with Crippen molar-refractivity contribution in [2.24, 2.45) is 5.16 Å². The molecule has 0 spiro atoms. The van der Waals surface area contributed by atoms with Crippen molar-refractivity contribution >= 4 is 79.8 Å². The molecule has 2 aliphatic rings. The summed E-state index contributed by atoms with van der Waals surface area (Å²) >= 11 is 5.29. The Hall–Kier alpha value is -3.15. The first-order chi connectivity index (χ1) is 16.9. The molecule has 5 rings (SSSR count). The third kappa shape index (κ3) is 4.35. The zero-order valence-electron chi connectivity index (χ0n) is 17.8. The lowest BCUT2D eigenvalue weighted by molar-refractivity contribution is -0.150. The SMILES string of the molecule is CO/N=C(\C(=O)N[C@@H]1C(=O)N2C(C(=O)O)=C(CSc3nn4ccnc4s3)CS[C@H]12)c1csc(N)n1. The van der Waals surface area contributed by atoms with Gasteiger partial charge >= 0.3 is 5.97 Å². The summed E-state index contributed by atoms with van der Waals surface area (Å²) < 4.78 is 2.39. The van der Waals surface area contributed by atoms with Gasteiger partial charge in [0, 0.05) is 23.1 Å². The van der Waals surface area contributed by atoms with Gasteiger partial charge in [-0.25, -0.2) is 19.3 Å². The number of thiazole rings is 1. The minimum absolute atomic E-state index is 0.0591. The van der Waals surface area contributed by atoms with Crippen LogP contribution >= 0.6 is 46.2 Å². The van der Waals surface area contributed by atoms with Crippen molar-refractivity contribution in [3.8, 4) is 0 Å². The Kier molecular flexibility index (Phi) is 6.39. The quantitative estimate of drug-likeness (QED) is 0.155. The topological polar surface area (TPSA) is 177 Å². The highest BCUT2D eigenvalue weighted by Crippen LogP contribution is 2.42. The highest BCUT2D eigenvalue weighted by molar-refractivity contribution is 8.02. The van der Waals surface area contributed by atoms with Gasteiger partial charge in [0.05, 0.1) is 6.20 Å². The van der Waals surface area contributed by atoms with Crippen molar-refractivity contribution in [3.63, 3.8) is 0 Å². The van der Waals surface area contributed by atoms with E-state index in [0.717, 1.165) is 20.6 Å². The summed E-state index contributed by atoms with van der Waals surface area (Å²) in [5.41, 5.74) is 6.27. The summed E-state index contributed by atoms with van der Waals surface area (Å²) in [6, 6.07) is -0.916. The van der Waals surface area contributed by atoms with Crippen LogP contribution in [0.4, 0.5) is 5.13 Å². The van der Waals surface area contributed by atoms with Gasteiger partial charge in [0.25, 0.3) is 11.8 Å². The molecule has 182 valence electrons. The highest BCUT2D eigenvalue weighted by Gasteiger charge is 2.54. The molecule has 1 saturated heterocycles. The lowest BCUT2D eigenvalue weighted by atomic mass is 10.0. The Morgan fingerprint density at radius 1 is 1.46 bits per heavy atom. The monoisotopic (exact) mass is 552 g/mol. The first-order valence-corrected chi connectivity index (χ1v) is 13.6. The van der Waals surface area contributed by atoms with Crippen LogP contribution in [-0.2, 0) is 19.2 Å². The molecule has 0 aromatic carbocycles. The predicted molar refractivity (Wildman–Crippen MR) is 131 cm³/mol. The van der Waals surface area contributed by atoms with E-state index in [9.17, 15) is 19.5 Å². The van der Waals surface area contributed by atoms with E-state index in [1.807, 2.05) is 0 Å². The number of nitrogens with one attached hydrogen (secondary N) is 1. The van der Waals surface area contributed by atoms with E-state index < -0.39 is 29.2 Å². The fourth-order valence-electron chi connectivity index (χ4n) is 3.52. The fraction of sp³-hybridized carbons (Fsp3) is 0.278. The van der Waals surface area contributed by atoms with E-state index in [1.165, 1.54) is 46.9 Å². The third-order valence-corrected chi connectivity index (χ3v) is 9.20. The Morgan fingerprint density at radius 3 is 2.97 bits per heavy atom. The molecule has 3 aromatic heterocycles. The molecule has 2 atom stereocenters. The van der Waals surface area contributed by atoms with Crippen molar-refractivity contribution in [2.45, 2.75) is 15.8 Å². The Morgan fingerprint density at radius 2 is 2.29 bits per heavy atom. The van der Waals surface area contributed by atoms with E-state index in [2.05, 4.69) is 25.5 Å². The lowest BCUT2D eigenvalue weighted by Gasteiger charge is -2.49. The number of nitrogens with two attached hydrogens (primary N) is 1. The maximum Gasteiger partial charge on any atom is 0.352 e. The van der Waals surface area contributed by atoms with Gasteiger partial charge in [-0.2, -0.15) is 0 Å². The van der Waals surface area contributed by atoms with Crippen molar-refractivity contribution in [1.29, 1.82) is 0 Å². The number of nitrogens with zero attached hydrogens (tertiary/aromatic N) is 6. The second kappa shape index (κ2) is 9.48. The van der Waals surface area contributed by atoms with Gasteiger partial charge in [-0.3, -0.25) is 14.5 Å². The molecule has 17 heteroatoms. The average Bonchev–Trinajstić information content (AvgIpc) is 3.55. The summed E-state index contributed by atoms with van der Waals surface area (Å²) in [7, 11) is 1.28.